The fraction of sp³-hybridized carbons (Fsp3) is 0.450. The molecule has 2 heterocycles. The molecule has 0 spiro atoms. The van der Waals surface area contributed by atoms with Gasteiger partial charge in [0.15, 0.2) is 0 Å². The fourth-order valence-corrected chi connectivity index (χ4v) is 3.49. The maximum Gasteiger partial charge on any atom is 0.129 e. The molecule has 3 rings (SSSR count). The molecule has 1 saturated heterocycles. The molecule has 2 aromatic rings. The van der Waals surface area contributed by atoms with Crippen molar-refractivity contribution in [3.8, 4) is 0 Å². The lowest BCUT2D eigenvalue weighted by atomic mass is 9.91. The number of hydrogen-bond acceptors (Lipinski definition) is 2. The summed E-state index contributed by atoms with van der Waals surface area (Å²) in [5, 5.41) is 0. The van der Waals surface area contributed by atoms with Crippen LogP contribution in [0.2, 0.25) is 0 Å². The Kier molecular flexibility index (Phi) is 5.91. The molecule has 1 aliphatic rings. The van der Waals surface area contributed by atoms with Gasteiger partial charge in [-0.3, -0.25) is 4.98 Å². The van der Waals surface area contributed by atoms with E-state index in [4.69, 9.17) is 0 Å². The summed E-state index contributed by atoms with van der Waals surface area (Å²) in [5.41, 5.74) is 1.76. The molecule has 1 aromatic heterocycles. The van der Waals surface area contributed by atoms with E-state index in [0.717, 1.165) is 44.2 Å². The van der Waals surface area contributed by atoms with E-state index in [1.165, 1.54) is 18.9 Å². The SMILES string of the molecule is Fc1ccc(CC[C@H]2CCCN(CCc3ccccn3)C2)c(F)c1. The molecule has 0 bridgehead atoms. The summed E-state index contributed by atoms with van der Waals surface area (Å²) < 4.78 is 26.7. The number of likely N-dealkylation sites (tertiary alicyclic amines) is 1. The summed E-state index contributed by atoms with van der Waals surface area (Å²) in [6.45, 7) is 3.22. The van der Waals surface area contributed by atoms with Crippen LogP contribution >= 0.6 is 0 Å². The molecule has 128 valence electrons. The number of nitrogens with zero attached hydrogens (tertiary/aromatic N) is 2. The molecule has 4 heteroatoms. The van der Waals surface area contributed by atoms with Crippen LogP contribution in [0.1, 0.15) is 30.5 Å². The number of aromatic nitrogens is 1. The summed E-state index contributed by atoms with van der Waals surface area (Å²) in [4.78, 5) is 6.87. The van der Waals surface area contributed by atoms with Gasteiger partial charge in [0, 0.05) is 37.5 Å². The van der Waals surface area contributed by atoms with Crippen LogP contribution in [0.5, 0.6) is 0 Å². The molecule has 0 radical (unpaired) electrons. The zero-order chi connectivity index (χ0) is 16.8. The summed E-state index contributed by atoms with van der Waals surface area (Å²) in [6, 6.07) is 9.94. The minimum absolute atomic E-state index is 0.419. The van der Waals surface area contributed by atoms with Crippen molar-refractivity contribution in [2.45, 2.75) is 32.1 Å². The molecule has 1 aliphatic heterocycles. The first kappa shape index (κ1) is 17.0. The van der Waals surface area contributed by atoms with Crippen molar-refractivity contribution < 1.29 is 8.78 Å². The van der Waals surface area contributed by atoms with Crippen molar-refractivity contribution in [1.82, 2.24) is 9.88 Å². The number of piperidine rings is 1. The van der Waals surface area contributed by atoms with Crippen molar-refractivity contribution in [3.63, 3.8) is 0 Å². The van der Waals surface area contributed by atoms with E-state index in [9.17, 15) is 8.78 Å². The van der Waals surface area contributed by atoms with Crippen molar-refractivity contribution >= 4 is 0 Å². The topological polar surface area (TPSA) is 16.1 Å². The molecule has 24 heavy (non-hydrogen) atoms. The van der Waals surface area contributed by atoms with Gasteiger partial charge in [0.25, 0.3) is 0 Å². The van der Waals surface area contributed by atoms with Gasteiger partial charge < -0.3 is 4.90 Å². The van der Waals surface area contributed by atoms with E-state index in [0.29, 0.717) is 17.9 Å². The van der Waals surface area contributed by atoms with Gasteiger partial charge in [0.05, 0.1) is 0 Å². The number of rotatable bonds is 6. The van der Waals surface area contributed by atoms with E-state index >= 15 is 0 Å². The first-order valence-corrected chi connectivity index (χ1v) is 8.77. The predicted molar refractivity (Wildman–Crippen MR) is 91.8 cm³/mol. The molecular weight excluding hydrogens is 306 g/mol. The fourth-order valence-electron chi connectivity index (χ4n) is 3.49. The third-order valence-corrected chi connectivity index (χ3v) is 4.85. The third-order valence-electron chi connectivity index (χ3n) is 4.85. The van der Waals surface area contributed by atoms with Gasteiger partial charge in [-0.2, -0.15) is 0 Å². The summed E-state index contributed by atoms with van der Waals surface area (Å²) in [5.74, 6) is -0.334. The van der Waals surface area contributed by atoms with Crippen molar-refractivity contribution in [2.75, 3.05) is 19.6 Å². The van der Waals surface area contributed by atoms with Gasteiger partial charge >= 0.3 is 0 Å². The highest BCUT2D eigenvalue weighted by molar-refractivity contribution is 5.18. The normalized spacial score (nSPS) is 18.7. The smallest absolute Gasteiger partial charge is 0.129 e. The van der Waals surface area contributed by atoms with Crippen LogP contribution in [-0.2, 0) is 12.8 Å². The highest BCUT2D eigenvalue weighted by Gasteiger charge is 2.20. The maximum atomic E-state index is 13.7. The van der Waals surface area contributed by atoms with Crippen LogP contribution in [0.4, 0.5) is 8.78 Å². The standard InChI is InChI=1S/C20H24F2N2/c21-18-9-8-17(20(22)14-18)7-6-16-4-3-12-24(15-16)13-10-19-5-1-2-11-23-19/h1-2,5,8-9,11,14,16H,3-4,6-7,10,12-13,15H2/t16-/m1/s1. The Morgan fingerprint density at radius 2 is 2.04 bits per heavy atom. The molecule has 0 amide bonds. The zero-order valence-corrected chi connectivity index (χ0v) is 13.9. The largest absolute Gasteiger partial charge is 0.303 e. The highest BCUT2D eigenvalue weighted by atomic mass is 19.1. The van der Waals surface area contributed by atoms with Gasteiger partial charge in [0.2, 0.25) is 0 Å². The molecule has 0 unspecified atom stereocenters. The number of halogens is 2. The number of hydrogen-bond donors (Lipinski definition) is 0. The Morgan fingerprint density at radius 3 is 2.83 bits per heavy atom. The Labute approximate surface area is 142 Å². The lowest BCUT2D eigenvalue weighted by Crippen LogP contribution is -2.37. The second-order valence-corrected chi connectivity index (χ2v) is 6.65. The molecule has 1 aromatic carbocycles. The summed E-state index contributed by atoms with van der Waals surface area (Å²) in [7, 11) is 0. The summed E-state index contributed by atoms with van der Waals surface area (Å²) in [6.07, 6.45) is 6.85. The number of benzene rings is 1. The molecule has 0 N–H and O–H groups in total. The van der Waals surface area contributed by atoms with E-state index in [1.54, 1.807) is 6.07 Å². The molecule has 1 fully saturated rings. The summed E-state index contributed by atoms with van der Waals surface area (Å²) >= 11 is 0. The van der Waals surface area contributed by atoms with E-state index in [1.807, 2.05) is 18.3 Å². The predicted octanol–water partition coefficient (Wildman–Crippen LogP) is 4.25. The van der Waals surface area contributed by atoms with Gasteiger partial charge in [-0.15, -0.1) is 0 Å². The molecule has 2 nitrogen and oxygen atoms in total. The van der Waals surface area contributed by atoms with Crippen molar-refractivity contribution in [3.05, 3.63) is 65.5 Å². The minimum atomic E-state index is -0.505. The lowest BCUT2D eigenvalue weighted by Gasteiger charge is -2.32. The van der Waals surface area contributed by atoms with Gasteiger partial charge in [-0.1, -0.05) is 12.1 Å². The maximum absolute atomic E-state index is 13.7. The second-order valence-electron chi connectivity index (χ2n) is 6.65. The van der Waals surface area contributed by atoms with Crippen LogP contribution in [0, 0.1) is 17.6 Å². The Hall–Kier alpha value is -1.81. The Balaban J connectivity index is 1.46. The van der Waals surface area contributed by atoms with Crippen LogP contribution in [0.25, 0.3) is 0 Å². The van der Waals surface area contributed by atoms with E-state index in [2.05, 4.69) is 16.0 Å². The molecular formula is C20H24F2N2. The van der Waals surface area contributed by atoms with E-state index < -0.39 is 11.6 Å². The Bertz CT molecular complexity index is 645. The van der Waals surface area contributed by atoms with Gasteiger partial charge in [0.1, 0.15) is 11.6 Å². The van der Waals surface area contributed by atoms with Crippen molar-refractivity contribution in [1.29, 1.82) is 0 Å². The first-order chi connectivity index (χ1) is 11.7. The van der Waals surface area contributed by atoms with Gasteiger partial charge in [-0.05, 0) is 61.9 Å². The lowest BCUT2D eigenvalue weighted by molar-refractivity contribution is 0.170. The monoisotopic (exact) mass is 330 g/mol. The Morgan fingerprint density at radius 1 is 1.12 bits per heavy atom. The second kappa shape index (κ2) is 8.34. The molecule has 0 saturated carbocycles. The first-order valence-electron chi connectivity index (χ1n) is 8.77. The average Bonchev–Trinajstić information content (AvgIpc) is 2.60. The highest BCUT2D eigenvalue weighted by Crippen LogP contribution is 2.22. The van der Waals surface area contributed by atoms with E-state index in [-0.39, 0.29) is 0 Å². The van der Waals surface area contributed by atoms with Crippen LogP contribution < -0.4 is 0 Å². The third kappa shape index (κ3) is 4.84. The number of aryl methyl sites for hydroxylation is 1. The molecule has 0 aliphatic carbocycles. The molecule has 1 atom stereocenters. The van der Waals surface area contributed by atoms with Crippen molar-refractivity contribution in [2.24, 2.45) is 5.92 Å². The number of pyridine rings is 1. The van der Waals surface area contributed by atoms with Gasteiger partial charge in [-0.25, -0.2) is 8.78 Å². The van der Waals surface area contributed by atoms with Crippen LogP contribution in [0.15, 0.2) is 42.6 Å². The van der Waals surface area contributed by atoms with Crippen LogP contribution in [-0.4, -0.2) is 29.5 Å². The average molecular weight is 330 g/mol. The quantitative estimate of drug-likeness (QED) is 0.787. The minimum Gasteiger partial charge on any atom is -0.303 e. The zero-order valence-electron chi connectivity index (χ0n) is 13.9. The van der Waals surface area contributed by atoms with Crippen LogP contribution in [0.3, 0.4) is 0 Å².